The van der Waals surface area contributed by atoms with Crippen molar-refractivity contribution in [2.75, 3.05) is 6.54 Å². The molecule has 0 radical (unpaired) electrons. The summed E-state index contributed by atoms with van der Waals surface area (Å²) in [5.74, 6) is -0.0615. The molecule has 1 atom stereocenters. The average molecular weight is 332 g/mol. The minimum atomic E-state index is -0.641. The third-order valence-corrected chi connectivity index (χ3v) is 5.12. The average Bonchev–Trinajstić information content (AvgIpc) is 3.19. The Morgan fingerprint density at radius 2 is 2.18 bits per heavy atom. The summed E-state index contributed by atoms with van der Waals surface area (Å²) in [5.41, 5.74) is 1.83. The Morgan fingerprint density at radius 3 is 2.95 bits per heavy atom. The number of aryl methyl sites for hydroxylation is 1. The molecular formula is C16H16N2O2S2. The van der Waals surface area contributed by atoms with E-state index in [0.717, 1.165) is 20.8 Å². The lowest BCUT2D eigenvalue weighted by Crippen LogP contribution is -2.28. The number of nitrogens with zero attached hydrogens (tertiary/aromatic N) is 1. The number of hydrogen-bond donors (Lipinski definition) is 2. The molecule has 0 aliphatic rings. The van der Waals surface area contributed by atoms with Gasteiger partial charge < -0.3 is 10.4 Å². The predicted octanol–water partition coefficient (Wildman–Crippen LogP) is 3.14. The second-order valence-corrected chi connectivity index (χ2v) is 6.85. The van der Waals surface area contributed by atoms with Crippen LogP contribution in [0.1, 0.15) is 23.1 Å². The number of carbonyl (C=O) groups excluding carboxylic acids is 1. The zero-order valence-electron chi connectivity index (χ0n) is 11.9. The molecule has 2 heterocycles. The van der Waals surface area contributed by atoms with Gasteiger partial charge >= 0.3 is 0 Å². The topological polar surface area (TPSA) is 62.2 Å². The molecule has 2 N–H and O–H groups in total. The Kier molecular flexibility index (Phi) is 4.82. The fraction of sp³-hybridized carbons (Fsp3) is 0.250. The molecular weight excluding hydrogens is 316 g/mol. The van der Waals surface area contributed by atoms with Crippen molar-refractivity contribution in [3.05, 3.63) is 51.7 Å². The molecule has 0 saturated heterocycles. The summed E-state index contributed by atoms with van der Waals surface area (Å²) in [6.07, 6.45) is 0.369. The summed E-state index contributed by atoms with van der Waals surface area (Å²) in [5, 5.41) is 17.5. The smallest absolute Gasteiger partial charge is 0.220 e. The van der Waals surface area contributed by atoms with Crippen molar-refractivity contribution in [1.82, 2.24) is 10.3 Å². The van der Waals surface area contributed by atoms with E-state index in [2.05, 4.69) is 10.3 Å². The lowest BCUT2D eigenvalue weighted by molar-refractivity contribution is -0.121. The lowest BCUT2D eigenvalue weighted by atomic mass is 10.2. The first-order valence-corrected chi connectivity index (χ1v) is 8.79. The third-order valence-electron chi connectivity index (χ3n) is 3.32. The van der Waals surface area contributed by atoms with Crippen molar-refractivity contribution in [2.24, 2.45) is 0 Å². The molecule has 1 unspecified atom stereocenters. The zero-order chi connectivity index (χ0) is 15.4. The second-order valence-electron chi connectivity index (χ2n) is 4.95. The Bertz CT molecular complexity index is 719. The largest absolute Gasteiger partial charge is 0.387 e. The zero-order valence-corrected chi connectivity index (χ0v) is 13.5. The van der Waals surface area contributed by atoms with Crippen molar-refractivity contribution in [1.29, 1.82) is 0 Å². The second kappa shape index (κ2) is 7.00. The van der Waals surface area contributed by atoms with Crippen molar-refractivity contribution < 1.29 is 9.90 Å². The van der Waals surface area contributed by atoms with Gasteiger partial charge in [0.15, 0.2) is 0 Å². The summed E-state index contributed by atoms with van der Waals surface area (Å²) in [6.45, 7) is 0.245. The molecule has 0 fully saturated rings. The van der Waals surface area contributed by atoms with Gasteiger partial charge in [0, 0.05) is 19.4 Å². The minimum absolute atomic E-state index is 0.0615. The molecule has 1 amide bonds. The van der Waals surface area contributed by atoms with Crippen LogP contribution in [0.4, 0.5) is 0 Å². The molecule has 0 aliphatic carbocycles. The van der Waals surface area contributed by atoms with Crippen molar-refractivity contribution in [3.63, 3.8) is 0 Å². The number of fused-ring (bicyclic) bond motifs is 1. The van der Waals surface area contributed by atoms with E-state index in [1.807, 2.05) is 41.1 Å². The molecule has 0 spiro atoms. The number of rotatable bonds is 6. The number of aliphatic hydroxyl groups excluding tert-OH is 1. The maximum absolute atomic E-state index is 11.9. The van der Waals surface area contributed by atoms with E-state index in [1.54, 1.807) is 11.3 Å². The van der Waals surface area contributed by atoms with Crippen molar-refractivity contribution in [2.45, 2.75) is 18.9 Å². The van der Waals surface area contributed by atoms with Gasteiger partial charge in [0.2, 0.25) is 5.91 Å². The molecule has 0 saturated carbocycles. The van der Waals surface area contributed by atoms with E-state index >= 15 is 0 Å². The Balaban J connectivity index is 1.48. The van der Waals surface area contributed by atoms with Crippen LogP contribution in [0.5, 0.6) is 0 Å². The Morgan fingerprint density at radius 1 is 1.32 bits per heavy atom. The van der Waals surface area contributed by atoms with Crippen LogP contribution in [0.15, 0.2) is 41.1 Å². The van der Waals surface area contributed by atoms with Crippen LogP contribution in [0.25, 0.3) is 10.2 Å². The number of thiazole rings is 1. The molecule has 1 aromatic carbocycles. The molecule has 0 bridgehead atoms. The normalized spacial score (nSPS) is 12.4. The van der Waals surface area contributed by atoms with Gasteiger partial charge in [-0.05, 0) is 34.5 Å². The fourth-order valence-electron chi connectivity index (χ4n) is 2.13. The number of nitrogens with one attached hydrogen (secondary N) is 1. The first kappa shape index (κ1) is 15.1. The van der Waals surface area contributed by atoms with E-state index in [0.29, 0.717) is 12.8 Å². The van der Waals surface area contributed by atoms with Gasteiger partial charge in [-0.2, -0.15) is 11.3 Å². The number of amides is 1. The third kappa shape index (κ3) is 3.71. The van der Waals surface area contributed by atoms with Gasteiger partial charge in [-0.25, -0.2) is 4.98 Å². The van der Waals surface area contributed by atoms with Crippen LogP contribution in [0.2, 0.25) is 0 Å². The first-order chi connectivity index (χ1) is 10.7. The number of aliphatic hydroxyl groups is 1. The number of benzene rings is 1. The predicted molar refractivity (Wildman–Crippen MR) is 90.2 cm³/mol. The summed E-state index contributed by atoms with van der Waals surface area (Å²) >= 11 is 3.15. The first-order valence-electron chi connectivity index (χ1n) is 7.03. The molecule has 22 heavy (non-hydrogen) atoms. The van der Waals surface area contributed by atoms with Crippen molar-refractivity contribution in [3.8, 4) is 0 Å². The van der Waals surface area contributed by atoms with Crippen LogP contribution in [-0.2, 0) is 11.2 Å². The minimum Gasteiger partial charge on any atom is -0.387 e. The van der Waals surface area contributed by atoms with Crippen molar-refractivity contribution >= 4 is 38.8 Å². The maximum Gasteiger partial charge on any atom is 0.220 e. The van der Waals surface area contributed by atoms with E-state index < -0.39 is 6.10 Å². The highest BCUT2D eigenvalue weighted by Gasteiger charge is 2.11. The highest BCUT2D eigenvalue weighted by Crippen LogP contribution is 2.22. The van der Waals surface area contributed by atoms with Crippen LogP contribution in [0.3, 0.4) is 0 Å². The molecule has 6 heteroatoms. The summed E-state index contributed by atoms with van der Waals surface area (Å²) in [7, 11) is 0. The van der Waals surface area contributed by atoms with E-state index in [4.69, 9.17) is 0 Å². The summed E-state index contributed by atoms with van der Waals surface area (Å²) < 4.78 is 1.14. The molecule has 3 rings (SSSR count). The number of hydrogen-bond acceptors (Lipinski definition) is 5. The highest BCUT2D eigenvalue weighted by atomic mass is 32.1. The number of carbonyl (C=O) groups is 1. The van der Waals surface area contributed by atoms with Crippen LogP contribution in [0, 0.1) is 0 Å². The quantitative estimate of drug-likeness (QED) is 0.729. The lowest BCUT2D eigenvalue weighted by Gasteiger charge is -2.10. The number of para-hydroxylation sites is 1. The molecule has 3 aromatic rings. The van der Waals surface area contributed by atoms with Gasteiger partial charge in [-0.15, -0.1) is 11.3 Å². The van der Waals surface area contributed by atoms with Gasteiger partial charge in [0.1, 0.15) is 0 Å². The summed E-state index contributed by atoms with van der Waals surface area (Å²) in [4.78, 5) is 16.4. The monoisotopic (exact) mass is 332 g/mol. The fourth-order valence-corrected chi connectivity index (χ4v) is 3.80. The van der Waals surface area contributed by atoms with E-state index in [-0.39, 0.29) is 12.5 Å². The standard InChI is InChI=1S/C16H16N2O2S2/c19-13(11-7-8-21-10-11)9-17-15(20)5-6-16-18-12-3-1-2-4-14(12)22-16/h1-4,7-8,10,13,19H,5-6,9H2,(H,17,20). The SMILES string of the molecule is O=C(CCc1nc2ccccc2s1)NCC(O)c1ccsc1. The molecule has 2 aromatic heterocycles. The highest BCUT2D eigenvalue weighted by molar-refractivity contribution is 7.18. The van der Waals surface area contributed by atoms with E-state index in [1.165, 1.54) is 11.3 Å². The van der Waals surface area contributed by atoms with Crippen LogP contribution >= 0.6 is 22.7 Å². The summed E-state index contributed by atoms with van der Waals surface area (Å²) in [6, 6.07) is 9.83. The van der Waals surface area contributed by atoms with Gasteiger partial charge in [-0.1, -0.05) is 12.1 Å². The maximum atomic E-state index is 11.9. The number of thiophene rings is 1. The van der Waals surface area contributed by atoms with E-state index in [9.17, 15) is 9.90 Å². The Labute approximate surface area is 136 Å². The Hall–Kier alpha value is -1.76. The molecule has 114 valence electrons. The van der Waals surface area contributed by atoms with Gasteiger partial charge in [0.05, 0.1) is 21.3 Å². The van der Waals surface area contributed by atoms with Gasteiger partial charge in [-0.3, -0.25) is 4.79 Å². The van der Waals surface area contributed by atoms with Crippen LogP contribution < -0.4 is 5.32 Å². The van der Waals surface area contributed by atoms with Crippen LogP contribution in [-0.4, -0.2) is 22.5 Å². The molecule has 4 nitrogen and oxygen atoms in total. The molecule has 0 aliphatic heterocycles. The number of aromatic nitrogens is 1. The van der Waals surface area contributed by atoms with Gasteiger partial charge in [0.25, 0.3) is 0 Å².